The van der Waals surface area contributed by atoms with Gasteiger partial charge in [0.2, 0.25) is 10.0 Å². The topological polar surface area (TPSA) is 84.9 Å². The number of carbonyl (C=O) groups excluding carboxylic acids is 1. The van der Waals surface area contributed by atoms with Gasteiger partial charge in [-0.15, -0.1) is 11.3 Å². The first kappa shape index (κ1) is 22.7. The fraction of sp³-hybridized carbons (Fsp3) is 0.286. The van der Waals surface area contributed by atoms with Crippen molar-refractivity contribution in [3.63, 3.8) is 0 Å². The van der Waals surface area contributed by atoms with Crippen LogP contribution in [-0.4, -0.2) is 52.0 Å². The minimum atomic E-state index is -4.10. The second-order valence-corrected chi connectivity index (χ2v) is 10.0. The van der Waals surface area contributed by atoms with Gasteiger partial charge in [-0.05, 0) is 30.3 Å². The average molecular weight is 483 g/mol. The predicted octanol–water partition coefficient (Wildman–Crippen LogP) is 3.60. The third-order valence-corrected chi connectivity index (χ3v) is 8.14. The molecule has 2 aromatic carbocycles. The first-order chi connectivity index (χ1) is 15.3. The summed E-state index contributed by atoms with van der Waals surface area (Å²) in [4.78, 5) is 12.7. The molecule has 0 saturated carbocycles. The fourth-order valence-electron chi connectivity index (χ4n) is 3.53. The Hall–Kier alpha value is -2.44. The summed E-state index contributed by atoms with van der Waals surface area (Å²) in [7, 11) is -2.66. The molecule has 11 heteroatoms. The number of nitrogens with one attached hydrogen (secondary N) is 1. The molecule has 0 unspecified atom stereocenters. The van der Waals surface area contributed by atoms with Crippen LogP contribution in [0.25, 0.3) is 10.1 Å². The molecule has 1 aliphatic heterocycles. The molecule has 3 aromatic rings. The Labute approximate surface area is 187 Å². The standard InChI is InChI=1S/C21H20F2N2O5S2/c1-29-12-14-19-16(23)3-2-4-17(19)31-20(14)21(26)24-13-5-6-15(22)18(11-13)32(27,28)25-7-9-30-10-8-25/h2-6,11H,7-10,12H2,1H3,(H,24,26). The number of fused-ring (bicyclic) bond motifs is 1. The number of amides is 1. The number of halogens is 2. The Morgan fingerprint density at radius 2 is 1.94 bits per heavy atom. The monoisotopic (exact) mass is 482 g/mol. The highest BCUT2D eigenvalue weighted by atomic mass is 32.2. The van der Waals surface area contributed by atoms with Crippen molar-refractivity contribution in [1.82, 2.24) is 4.31 Å². The van der Waals surface area contributed by atoms with Crippen molar-refractivity contribution in [2.75, 3.05) is 38.7 Å². The highest BCUT2D eigenvalue weighted by molar-refractivity contribution is 7.89. The Bertz CT molecular complexity index is 1270. The van der Waals surface area contributed by atoms with Gasteiger partial charge in [-0.3, -0.25) is 4.79 Å². The van der Waals surface area contributed by atoms with E-state index in [1.54, 1.807) is 12.1 Å². The second-order valence-electron chi connectivity index (χ2n) is 7.07. The molecular weight excluding hydrogens is 462 g/mol. The van der Waals surface area contributed by atoms with Crippen molar-refractivity contribution in [1.29, 1.82) is 0 Å². The number of ether oxygens (including phenoxy) is 2. The number of methoxy groups -OCH3 is 1. The molecule has 1 N–H and O–H groups in total. The van der Waals surface area contributed by atoms with Gasteiger partial charge in [0.25, 0.3) is 5.91 Å². The number of anilines is 1. The summed E-state index contributed by atoms with van der Waals surface area (Å²) < 4.78 is 66.6. The van der Waals surface area contributed by atoms with Gasteiger partial charge >= 0.3 is 0 Å². The van der Waals surface area contributed by atoms with Gasteiger partial charge < -0.3 is 14.8 Å². The lowest BCUT2D eigenvalue weighted by atomic mass is 10.1. The summed E-state index contributed by atoms with van der Waals surface area (Å²) in [5.41, 5.74) is 0.496. The van der Waals surface area contributed by atoms with E-state index >= 15 is 0 Å². The van der Waals surface area contributed by atoms with Crippen molar-refractivity contribution in [3.8, 4) is 0 Å². The number of benzene rings is 2. The van der Waals surface area contributed by atoms with E-state index in [9.17, 15) is 22.0 Å². The van der Waals surface area contributed by atoms with Gasteiger partial charge in [0, 0.05) is 41.5 Å². The minimum absolute atomic E-state index is 0.0176. The van der Waals surface area contributed by atoms with Crippen LogP contribution in [-0.2, 0) is 26.1 Å². The maximum atomic E-state index is 14.4. The minimum Gasteiger partial charge on any atom is -0.380 e. The van der Waals surface area contributed by atoms with E-state index in [1.165, 1.54) is 19.2 Å². The molecule has 0 spiro atoms. The second kappa shape index (κ2) is 9.20. The number of morpholine rings is 1. The van der Waals surface area contributed by atoms with Crippen LogP contribution in [0.5, 0.6) is 0 Å². The Kier molecular flexibility index (Phi) is 6.54. The van der Waals surface area contributed by atoms with Crippen LogP contribution in [0.1, 0.15) is 15.2 Å². The molecule has 0 aliphatic carbocycles. The zero-order chi connectivity index (χ0) is 22.9. The highest BCUT2D eigenvalue weighted by Gasteiger charge is 2.29. The summed E-state index contributed by atoms with van der Waals surface area (Å²) in [6.07, 6.45) is 0. The van der Waals surface area contributed by atoms with Crippen molar-refractivity contribution < 1.29 is 31.5 Å². The Balaban J connectivity index is 1.67. The van der Waals surface area contributed by atoms with Gasteiger partial charge in [0.1, 0.15) is 16.5 Å². The molecule has 1 aliphatic rings. The van der Waals surface area contributed by atoms with E-state index in [-0.39, 0.29) is 43.5 Å². The zero-order valence-electron chi connectivity index (χ0n) is 17.1. The summed E-state index contributed by atoms with van der Waals surface area (Å²) in [6, 6.07) is 7.90. The van der Waals surface area contributed by atoms with Gasteiger partial charge in [0.05, 0.1) is 24.7 Å². The number of hydrogen-bond donors (Lipinski definition) is 1. The first-order valence-corrected chi connectivity index (χ1v) is 12.0. The van der Waals surface area contributed by atoms with E-state index in [0.717, 1.165) is 27.8 Å². The Morgan fingerprint density at radius 1 is 1.19 bits per heavy atom. The molecule has 0 atom stereocenters. The molecule has 0 radical (unpaired) electrons. The van der Waals surface area contributed by atoms with E-state index < -0.39 is 32.5 Å². The maximum absolute atomic E-state index is 14.4. The first-order valence-electron chi connectivity index (χ1n) is 9.70. The number of carbonyl (C=O) groups is 1. The third-order valence-electron chi connectivity index (χ3n) is 5.04. The number of sulfonamides is 1. The van der Waals surface area contributed by atoms with E-state index in [0.29, 0.717) is 15.6 Å². The van der Waals surface area contributed by atoms with Crippen molar-refractivity contribution in [2.24, 2.45) is 0 Å². The largest absolute Gasteiger partial charge is 0.380 e. The zero-order valence-corrected chi connectivity index (χ0v) is 18.7. The van der Waals surface area contributed by atoms with Crippen LogP contribution in [0.3, 0.4) is 0 Å². The summed E-state index contributed by atoms with van der Waals surface area (Å²) in [6.45, 7) is 0.700. The van der Waals surface area contributed by atoms with Gasteiger partial charge in [-0.25, -0.2) is 17.2 Å². The van der Waals surface area contributed by atoms with Gasteiger partial charge in [-0.2, -0.15) is 4.31 Å². The molecule has 32 heavy (non-hydrogen) atoms. The van der Waals surface area contributed by atoms with Crippen LogP contribution in [0.4, 0.5) is 14.5 Å². The molecule has 170 valence electrons. The number of rotatable bonds is 6. The van der Waals surface area contributed by atoms with Crippen LogP contribution in [0, 0.1) is 11.6 Å². The molecule has 4 rings (SSSR count). The molecule has 0 bridgehead atoms. The lowest BCUT2D eigenvalue weighted by Crippen LogP contribution is -2.40. The molecule has 7 nitrogen and oxygen atoms in total. The summed E-state index contributed by atoms with van der Waals surface area (Å²) >= 11 is 1.09. The average Bonchev–Trinajstić information content (AvgIpc) is 3.16. The molecule has 1 saturated heterocycles. The van der Waals surface area contributed by atoms with E-state index in [4.69, 9.17) is 9.47 Å². The number of hydrogen-bond acceptors (Lipinski definition) is 6. The molecule has 1 amide bonds. The summed E-state index contributed by atoms with van der Waals surface area (Å²) in [5, 5.41) is 2.90. The molecular formula is C21H20F2N2O5S2. The van der Waals surface area contributed by atoms with Crippen molar-refractivity contribution in [3.05, 3.63) is 58.5 Å². The quantitative estimate of drug-likeness (QED) is 0.580. The Morgan fingerprint density at radius 3 is 2.66 bits per heavy atom. The SMILES string of the molecule is COCc1c(C(=O)Nc2ccc(F)c(S(=O)(=O)N3CCOCC3)c2)sc2cccc(F)c12. The normalized spacial score (nSPS) is 15.2. The summed E-state index contributed by atoms with van der Waals surface area (Å²) in [5.74, 6) is -1.96. The maximum Gasteiger partial charge on any atom is 0.266 e. The van der Waals surface area contributed by atoms with Crippen molar-refractivity contribution >= 4 is 43.0 Å². The van der Waals surface area contributed by atoms with Crippen molar-refractivity contribution in [2.45, 2.75) is 11.5 Å². The third kappa shape index (κ3) is 4.26. The molecule has 1 fully saturated rings. The van der Waals surface area contributed by atoms with Crippen LogP contribution in [0.15, 0.2) is 41.3 Å². The number of nitrogens with zero attached hydrogens (tertiary/aromatic N) is 1. The fourth-order valence-corrected chi connectivity index (χ4v) is 6.14. The predicted molar refractivity (Wildman–Crippen MR) is 116 cm³/mol. The molecule has 2 heterocycles. The van der Waals surface area contributed by atoms with Crippen LogP contribution in [0.2, 0.25) is 0 Å². The van der Waals surface area contributed by atoms with Gasteiger partial charge in [0.15, 0.2) is 0 Å². The van der Waals surface area contributed by atoms with Crippen LogP contribution < -0.4 is 5.32 Å². The van der Waals surface area contributed by atoms with E-state index in [2.05, 4.69) is 5.32 Å². The molecule has 1 aromatic heterocycles. The van der Waals surface area contributed by atoms with E-state index in [1.807, 2.05) is 0 Å². The lowest BCUT2D eigenvalue weighted by Gasteiger charge is -2.26. The van der Waals surface area contributed by atoms with Crippen LogP contribution >= 0.6 is 11.3 Å². The smallest absolute Gasteiger partial charge is 0.266 e. The van der Waals surface area contributed by atoms with Gasteiger partial charge in [-0.1, -0.05) is 6.07 Å². The highest BCUT2D eigenvalue weighted by Crippen LogP contribution is 2.34. The lowest BCUT2D eigenvalue weighted by molar-refractivity contribution is 0.0729. The number of thiophene rings is 1.